The standard InChI is InChI=1S/C17H14N8O7S2/c26-13(9-5-1-3-7-11(9)24(29)30)18-16(33)22-20-15(28)21-23-17(34)19-14(27)10-6-2-4-8-12(10)25(31)32/h1-8H,(H2,20,21,28)(H2,18,22,26,33)(H2,19,23,27,34). The summed E-state index contributed by atoms with van der Waals surface area (Å²) in [5.74, 6) is -1.77. The van der Waals surface area contributed by atoms with E-state index < -0.39 is 39.1 Å². The van der Waals surface area contributed by atoms with Crippen LogP contribution in [0.3, 0.4) is 0 Å². The molecule has 0 aliphatic rings. The third-order valence-corrected chi connectivity index (χ3v) is 4.13. The van der Waals surface area contributed by atoms with Crippen LogP contribution in [0.5, 0.6) is 0 Å². The van der Waals surface area contributed by atoms with Gasteiger partial charge in [-0.15, -0.1) is 0 Å². The molecule has 0 heterocycles. The van der Waals surface area contributed by atoms with Gasteiger partial charge in [0.2, 0.25) is 0 Å². The lowest BCUT2D eigenvalue weighted by molar-refractivity contribution is -0.385. The van der Waals surface area contributed by atoms with Gasteiger partial charge in [-0.25, -0.2) is 15.6 Å². The van der Waals surface area contributed by atoms with Gasteiger partial charge in [0.05, 0.1) is 9.85 Å². The van der Waals surface area contributed by atoms with E-state index >= 15 is 0 Å². The summed E-state index contributed by atoms with van der Waals surface area (Å²) in [6, 6.07) is 9.38. The Kier molecular flexibility index (Phi) is 8.80. The van der Waals surface area contributed by atoms with E-state index in [1.165, 1.54) is 36.4 Å². The molecule has 0 bridgehead atoms. The van der Waals surface area contributed by atoms with Gasteiger partial charge >= 0.3 is 6.03 Å². The van der Waals surface area contributed by atoms with Crippen LogP contribution < -0.4 is 32.3 Å². The highest BCUT2D eigenvalue weighted by Gasteiger charge is 2.21. The van der Waals surface area contributed by atoms with Crippen LogP contribution in [-0.2, 0) is 0 Å². The van der Waals surface area contributed by atoms with E-state index in [4.69, 9.17) is 24.4 Å². The SMILES string of the molecule is O=C(NNC(=S)NC(=O)c1ccccc1[N+](=O)[O-])NNC(=S)NC(=O)c1ccccc1[N+](=O)[O-]. The van der Waals surface area contributed by atoms with Crippen LogP contribution in [0.15, 0.2) is 48.5 Å². The molecule has 2 rings (SSSR count). The van der Waals surface area contributed by atoms with Gasteiger partial charge < -0.3 is 0 Å². The molecule has 0 radical (unpaired) electrons. The minimum Gasteiger partial charge on any atom is -0.297 e. The molecule has 0 aromatic heterocycles. The van der Waals surface area contributed by atoms with Crippen molar-refractivity contribution in [1.29, 1.82) is 0 Å². The molecule has 15 nitrogen and oxygen atoms in total. The fourth-order valence-electron chi connectivity index (χ4n) is 2.31. The Balaban J connectivity index is 1.79. The lowest BCUT2D eigenvalue weighted by Crippen LogP contribution is -2.56. The molecule has 0 atom stereocenters. The lowest BCUT2D eigenvalue weighted by Gasteiger charge is -2.13. The van der Waals surface area contributed by atoms with Crippen LogP contribution in [0.1, 0.15) is 20.7 Å². The van der Waals surface area contributed by atoms with E-state index in [1.807, 2.05) is 10.9 Å². The minimum atomic E-state index is -0.968. The third-order valence-electron chi connectivity index (χ3n) is 3.72. The number of hydrogen-bond acceptors (Lipinski definition) is 9. The summed E-state index contributed by atoms with van der Waals surface area (Å²) in [4.78, 5) is 56.6. The van der Waals surface area contributed by atoms with Gasteiger partial charge in [0, 0.05) is 12.1 Å². The van der Waals surface area contributed by atoms with Crippen LogP contribution in [0.4, 0.5) is 16.2 Å². The fourth-order valence-corrected chi connectivity index (χ4v) is 2.60. The van der Waals surface area contributed by atoms with Gasteiger partial charge in [0.15, 0.2) is 10.2 Å². The number of nitro groups is 2. The minimum absolute atomic E-state index is 0.248. The van der Waals surface area contributed by atoms with Crippen molar-refractivity contribution in [1.82, 2.24) is 32.3 Å². The van der Waals surface area contributed by atoms with Crippen molar-refractivity contribution < 1.29 is 24.2 Å². The second kappa shape index (κ2) is 11.7. The summed E-state index contributed by atoms with van der Waals surface area (Å²) < 4.78 is 0. The first-order valence-electron chi connectivity index (χ1n) is 8.85. The Morgan fingerprint density at radius 1 is 0.647 bits per heavy atom. The quantitative estimate of drug-likeness (QED) is 0.191. The number of urea groups is 1. The fraction of sp³-hybridized carbons (Fsp3) is 0. The molecule has 2 aromatic rings. The number of carbonyl (C=O) groups excluding carboxylic acids is 3. The smallest absolute Gasteiger partial charge is 0.297 e. The maximum atomic E-state index is 12.1. The molecule has 0 unspecified atom stereocenters. The zero-order chi connectivity index (χ0) is 25.3. The molecule has 0 aliphatic carbocycles. The van der Waals surface area contributed by atoms with Crippen molar-refractivity contribution in [3.63, 3.8) is 0 Å². The molecule has 0 saturated heterocycles. The Bertz CT molecular complexity index is 1100. The summed E-state index contributed by atoms with van der Waals surface area (Å²) in [5.41, 5.74) is 7.01. The molecule has 0 aliphatic heterocycles. The van der Waals surface area contributed by atoms with Gasteiger partial charge in [0.1, 0.15) is 11.1 Å². The number of benzene rings is 2. The first-order chi connectivity index (χ1) is 16.1. The average Bonchev–Trinajstić information content (AvgIpc) is 2.81. The topological polar surface area (TPSA) is 210 Å². The predicted octanol–water partition coefficient (Wildman–Crippen LogP) is 0.541. The van der Waals surface area contributed by atoms with E-state index in [0.717, 1.165) is 12.1 Å². The molecule has 17 heteroatoms. The van der Waals surface area contributed by atoms with Gasteiger partial charge in [-0.2, -0.15) is 0 Å². The number of hydrazine groups is 2. The van der Waals surface area contributed by atoms with Crippen LogP contribution in [0.2, 0.25) is 0 Å². The summed E-state index contributed by atoms with van der Waals surface area (Å²) in [6.07, 6.45) is 0. The Hall–Kier alpha value is -4.77. The highest BCUT2D eigenvalue weighted by atomic mass is 32.1. The molecule has 6 N–H and O–H groups in total. The van der Waals surface area contributed by atoms with E-state index in [0.29, 0.717) is 0 Å². The number of nitrogens with one attached hydrogen (secondary N) is 6. The van der Waals surface area contributed by atoms with Crippen molar-refractivity contribution in [2.24, 2.45) is 0 Å². The van der Waals surface area contributed by atoms with Crippen molar-refractivity contribution >= 4 is 63.9 Å². The molecule has 4 amide bonds. The molecule has 2 aromatic carbocycles. The summed E-state index contributed by atoms with van der Waals surface area (Å²) in [6.45, 7) is 0. The first kappa shape index (κ1) is 25.5. The monoisotopic (exact) mass is 506 g/mol. The van der Waals surface area contributed by atoms with Gasteiger partial charge in [-0.05, 0) is 36.6 Å². The highest BCUT2D eigenvalue weighted by molar-refractivity contribution is 7.80. The molecular formula is C17H14N8O7S2. The molecule has 0 saturated carbocycles. The number of hydrogen-bond donors (Lipinski definition) is 6. The van der Waals surface area contributed by atoms with E-state index in [1.54, 1.807) is 0 Å². The maximum absolute atomic E-state index is 12.1. The first-order valence-corrected chi connectivity index (χ1v) is 9.67. The normalized spacial score (nSPS) is 9.65. The van der Waals surface area contributed by atoms with Crippen LogP contribution in [-0.4, -0.2) is 37.9 Å². The van der Waals surface area contributed by atoms with Gasteiger partial charge in [-0.3, -0.25) is 51.3 Å². The maximum Gasteiger partial charge on any atom is 0.352 e. The van der Waals surface area contributed by atoms with Crippen LogP contribution in [0.25, 0.3) is 0 Å². The number of thiocarbonyl (C=S) groups is 2. The molecule has 34 heavy (non-hydrogen) atoms. The molecular weight excluding hydrogens is 492 g/mol. The van der Waals surface area contributed by atoms with E-state index in [2.05, 4.69) is 21.5 Å². The zero-order valence-electron chi connectivity index (χ0n) is 16.7. The van der Waals surface area contributed by atoms with E-state index in [-0.39, 0.29) is 21.4 Å². The van der Waals surface area contributed by atoms with Crippen LogP contribution >= 0.6 is 24.4 Å². The third kappa shape index (κ3) is 7.14. The number of nitrogens with zero attached hydrogens (tertiary/aromatic N) is 2. The van der Waals surface area contributed by atoms with Crippen molar-refractivity contribution in [2.75, 3.05) is 0 Å². The second-order valence-corrected chi connectivity index (χ2v) is 6.76. The Morgan fingerprint density at radius 2 is 1.00 bits per heavy atom. The summed E-state index contributed by atoms with van der Waals surface area (Å²) in [7, 11) is 0. The van der Waals surface area contributed by atoms with Gasteiger partial charge in [0.25, 0.3) is 23.2 Å². The highest BCUT2D eigenvalue weighted by Crippen LogP contribution is 2.18. The second-order valence-electron chi connectivity index (χ2n) is 5.94. The largest absolute Gasteiger partial charge is 0.352 e. The molecule has 0 spiro atoms. The van der Waals surface area contributed by atoms with Crippen molar-refractivity contribution in [2.45, 2.75) is 0 Å². The van der Waals surface area contributed by atoms with Crippen LogP contribution in [0, 0.1) is 20.2 Å². The number of nitro benzene ring substituents is 2. The van der Waals surface area contributed by atoms with Gasteiger partial charge in [-0.1, -0.05) is 24.3 Å². The molecule has 0 fully saturated rings. The number of para-hydroxylation sites is 2. The predicted molar refractivity (Wildman–Crippen MR) is 124 cm³/mol. The summed E-state index contributed by atoms with van der Waals surface area (Å²) in [5, 5.41) is 25.5. The van der Waals surface area contributed by atoms with Crippen molar-refractivity contribution in [3.8, 4) is 0 Å². The number of rotatable bonds is 4. The zero-order valence-corrected chi connectivity index (χ0v) is 18.3. The Morgan fingerprint density at radius 3 is 1.35 bits per heavy atom. The summed E-state index contributed by atoms with van der Waals surface area (Å²) >= 11 is 9.65. The number of amides is 4. The number of carbonyl (C=O) groups is 3. The van der Waals surface area contributed by atoms with E-state index in [9.17, 15) is 34.6 Å². The Labute approximate surface area is 200 Å². The molecule has 176 valence electrons. The van der Waals surface area contributed by atoms with Crippen molar-refractivity contribution in [3.05, 3.63) is 79.9 Å². The average molecular weight is 506 g/mol. The lowest BCUT2D eigenvalue weighted by atomic mass is 10.1.